The summed E-state index contributed by atoms with van der Waals surface area (Å²) < 4.78 is 4.28. The lowest BCUT2D eigenvalue weighted by Gasteiger charge is -2.13. The van der Waals surface area contributed by atoms with Crippen molar-refractivity contribution < 1.29 is 4.92 Å². The van der Waals surface area contributed by atoms with E-state index in [9.17, 15) is 10.1 Å². The topological polar surface area (TPSA) is 81.0 Å². The SMILES string of the molecule is Cc1ccc(C(C)Nc2nc(C(C)C)ns2)cc1[N+](=O)[O-]. The van der Waals surface area contributed by atoms with Crippen LogP contribution in [-0.2, 0) is 0 Å². The predicted octanol–water partition coefficient (Wildman–Crippen LogP) is 4.05. The zero-order chi connectivity index (χ0) is 15.6. The molecule has 2 rings (SSSR count). The Hall–Kier alpha value is -2.02. The number of rotatable bonds is 5. The summed E-state index contributed by atoms with van der Waals surface area (Å²) in [4.78, 5) is 15.1. The largest absolute Gasteiger partial charge is 0.354 e. The average Bonchev–Trinajstić information content (AvgIpc) is 2.87. The van der Waals surface area contributed by atoms with Crippen LogP contribution in [0.1, 0.15) is 49.7 Å². The third-order valence-electron chi connectivity index (χ3n) is 3.23. The molecule has 1 unspecified atom stereocenters. The first-order valence-corrected chi connectivity index (χ1v) is 7.51. The Morgan fingerprint density at radius 1 is 1.33 bits per heavy atom. The lowest BCUT2D eigenvalue weighted by Crippen LogP contribution is -2.07. The maximum atomic E-state index is 11.0. The van der Waals surface area contributed by atoms with Gasteiger partial charge in [-0.3, -0.25) is 10.1 Å². The number of nitrogens with zero attached hydrogens (tertiary/aromatic N) is 3. The monoisotopic (exact) mass is 306 g/mol. The lowest BCUT2D eigenvalue weighted by atomic mass is 10.1. The van der Waals surface area contributed by atoms with E-state index in [2.05, 4.69) is 14.7 Å². The Morgan fingerprint density at radius 2 is 2.05 bits per heavy atom. The minimum absolute atomic E-state index is 0.0720. The van der Waals surface area contributed by atoms with Gasteiger partial charge in [-0.2, -0.15) is 4.37 Å². The number of anilines is 1. The van der Waals surface area contributed by atoms with Gasteiger partial charge in [0.05, 0.1) is 11.0 Å². The fourth-order valence-electron chi connectivity index (χ4n) is 1.89. The van der Waals surface area contributed by atoms with E-state index in [0.29, 0.717) is 5.56 Å². The molecule has 0 radical (unpaired) electrons. The van der Waals surface area contributed by atoms with E-state index in [1.807, 2.05) is 26.8 Å². The molecule has 2 aromatic rings. The number of aryl methyl sites for hydroxylation is 1. The third kappa shape index (κ3) is 3.55. The van der Waals surface area contributed by atoms with Gasteiger partial charge in [-0.25, -0.2) is 4.98 Å². The van der Waals surface area contributed by atoms with Gasteiger partial charge in [0, 0.05) is 29.1 Å². The van der Waals surface area contributed by atoms with Crippen molar-refractivity contribution in [3.05, 3.63) is 45.3 Å². The molecular weight excluding hydrogens is 288 g/mol. The van der Waals surface area contributed by atoms with Crippen molar-refractivity contribution in [3.63, 3.8) is 0 Å². The summed E-state index contributed by atoms with van der Waals surface area (Å²) in [5, 5.41) is 15.0. The summed E-state index contributed by atoms with van der Waals surface area (Å²) >= 11 is 1.31. The maximum Gasteiger partial charge on any atom is 0.272 e. The minimum atomic E-state index is -0.354. The van der Waals surface area contributed by atoms with Crippen molar-refractivity contribution in [1.82, 2.24) is 9.36 Å². The van der Waals surface area contributed by atoms with Crippen molar-refractivity contribution >= 4 is 22.4 Å². The van der Waals surface area contributed by atoms with Gasteiger partial charge in [-0.15, -0.1) is 0 Å². The Bertz CT molecular complexity index is 654. The molecule has 0 aliphatic rings. The first-order chi connectivity index (χ1) is 9.88. The van der Waals surface area contributed by atoms with E-state index in [-0.39, 0.29) is 22.6 Å². The van der Waals surface area contributed by atoms with Gasteiger partial charge in [0.25, 0.3) is 5.69 Å². The molecule has 0 aliphatic heterocycles. The van der Waals surface area contributed by atoms with Crippen LogP contribution < -0.4 is 5.32 Å². The highest BCUT2D eigenvalue weighted by molar-refractivity contribution is 7.09. The van der Waals surface area contributed by atoms with Gasteiger partial charge >= 0.3 is 0 Å². The third-order valence-corrected chi connectivity index (χ3v) is 3.89. The number of aromatic nitrogens is 2. The Labute approximate surface area is 127 Å². The zero-order valence-corrected chi connectivity index (χ0v) is 13.3. The second-order valence-corrected chi connectivity index (χ2v) is 6.03. The Morgan fingerprint density at radius 3 is 2.62 bits per heavy atom. The Balaban J connectivity index is 2.17. The molecule has 1 aromatic heterocycles. The lowest BCUT2D eigenvalue weighted by molar-refractivity contribution is -0.385. The van der Waals surface area contributed by atoms with E-state index < -0.39 is 0 Å². The van der Waals surface area contributed by atoms with Crippen LogP contribution in [0.4, 0.5) is 10.8 Å². The van der Waals surface area contributed by atoms with Gasteiger partial charge in [0.1, 0.15) is 5.82 Å². The van der Waals surface area contributed by atoms with Crippen LogP contribution in [0.25, 0.3) is 0 Å². The molecule has 1 heterocycles. The Kier molecular flexibility index (Phi) is 4.52. The van der Waals surface area contributed by atoms with Crippen LogP contribution in [0, 0.1) is 17.0 Å². The van der Waals surface area contributed by atoms with Crippen LogP contribution in [0.15, 0.2) is 18.2 Å². The first kappa shape index (κ1) is 15.4. The van der Waals surface area contributed by atoms with Crippen molar-refractivity contribution in [2.45, 2.75) is 39.7 Å². The fraction of sp³-hybridized carbons (Fsp3) is 0.429. The van der Waals surface area contributed by atoms with Crippen LogP contribution in [0.2, 0.25) is 0 Å². The van der Waals surface area contributed by atoms with Crippen molar-refractivity contribution in [2.24, 2.45) is 0 Å². The molecule has 0 bridgehead atoms. The molecule has 21 heavy (non-hydrogen) atoms. The van der Waals surface area contributed by atoms with Gasteiger partial charge in [-0.05, 0) is 19.4 Å². The number of nitrogens with one attached hydrogen (secondary N) is 1. The summed E-state index contributed by atoms with van der Waals surface area (Å²) in [5.41, 5.74) is 1.66. The summed E-state index contributed by atoms with van der Waals surface area (Å²) in [6, 6.07) is 5.20. The highest BCUT2D eigenvalue weighted by atomic mass is 32.1. The van der Waals surface area contributed by atoms with Crippen LogP contribution >= 0.6 is 11.5 Å². The number of nitro benzene ring substituents is 1. The number of benzene rings is 1. The van der Waals surface area contributed by atoms with E-state index in [0.717, 1.165) is 16.5 Å². The first-order valence-electron chi connectivity index (χ1n) is 6.73. The number of hydrogen-bond acceptors (Lipinski definition) is 6. The van der Waals surface area contributed by atoms with Gasteiger partial charge in [0.15, 0.2) is 0 Å². The van der Waals surface area contributed by atoms with Gasteiger partial charge in [-0.1, -0.05) is 26.0 Å². The molecule has 1 atom stereocenters. The van der Waals surface area contributed by atoms with Gasteiger partial charge < -0.3 is 5.32 Å². The second kappa shape index (κ2) is 6.17. The fourth-order valence-corrected chi connectivity index (χ4v) is 2.68. The summed E-state index contributed by atoms with van der Waals surface area (Å²) in [7, 11) is 0. The molecule has 1 aromatic carbocycles. The predicted molar refractivity (Wildman–Crippen MR) is 83.9 cm³/mol. The molecule has 112 valence electrons. The molecule has 0 fully saturated rings. The maximum absolute atomic E-state index is 11.0. The van der Waals surface area contributed by atoms with E-state index in [1.54, 1.807) is 19.1 Å². The van der Waals surface area contributed by atoms with Crippen LogP contribution in [0.5, 0.6) is 0 Å². The normalized spacial score (nSPS) is 12.4. The summed E-state index contributed by atoms with van der Waals surface area (Å²) in [5.74, 6) is 1.09. The molecule has 0 aliphatic carbocycles. The molecule has 0 saturated heterocycles. The van der Waals surface area contributed by atoms with E-state index >= 15 is 0 Å². The molecule has 0 saturated carbocycles. The van der Waals surface area contributed by atoms with Gasteiger partial charge in [0.2, 0.25) is 5.13 Å². The number of hydrogen-bond donors (Lipinski definition) is 1. The van der Waals surface area contributed by atoms with Crippen molar-refractivity contribution in [3.8, 4) is 0 Å². The standard InChI is InChI=1S/C14H18N4O2S/c1-8(2)13-16-14(21-17-13)15-10(4)11-6-5-9(3)12(7-11)18(19)20/h5-8,10H,1-4H3,(H,15,16,17). The minimum Gasteiger partial charge on any atom is -0.354 e. The molecule has 7 heteroatoms. The summed E-state index contributed by atoms with van der Waals surface area (Å²) in [6.07, 6.45) is 0. The second-order valence-electron chi connectivity index (χ2n) is 5.28. The van der Waals surface area contributed by atoms with Crippen molar-refractivity contribution in [1.29, 1.82) is 0 Å². The average molecular weight is 306 g/mol. The molecular formula is C14H18N4O2S. The van der Waals surface area contributed by atoms with Crippen LogP contribution in [-0.4, -0.2) is 14.3 Å². The highest BCUT2D eigenvalue weighted by Gasteiger charge is 2.16. The quantitative estimate of drug-likeness (QED) is 0.665. The molecule has 6 nitrogen and oxygen atoms in total. The number of nitro groups is 1. The van der Waals surface area contributed by atoms with E-state index in [1.165, 1.54) is 11.5 Å². The molecule has 1 N–H and O–H groups in total. The van der Waals surface area contributed by atoms with E-state index in [4.69, 9.17) is 0 Å². The zero-order valence-electron chi connectivity index (χ0n) is 12.5. The summed E-state index contributed by atoms with van der Waals surface area (Å²) in [6.45, 7) is 7.77. The highest BCUT2D eigenvalue weighted by Crippen LogP contribution is 2.26. The van der Waals surface area contributed by atoms with Crippen molar-refractivity contribution in [2.75, 3.05) is 5.32 Å². The molecule has 0 amide bonds. The smallest absolute Gasteiger partial charge is 0.272 e. The molecule has 0 spiro atoms. The van der Waals surface area contributed by atoms with Crippen LogP contribution in [0.3, 0.4) is 0 Å².